The molecule has 184 valence electrons. The average Bonchev–Trinajstić information content (AvgIpc) is 2.89. The average molecular weight is 473 g/mol. The normalized spacial score (nSPS) is 20.5. The molecule has 1 atom stereocenters. The maximum atomic E-state index is 13.1. The van der Waals surface area contributed by atoms with Gasteiger partial charge in [-0.25, -0.2) is 0 Å². The van der Waals surface area contributed by atoms with Crippen molar-refractivity contribution in [1.82, 2.24) is 9.80 Å². The summed E-state index contributed by atoms with van der Waals surface area (Å²) in [5.74, 6) is 1.50. The fraction of sp³-hybridized carbons (Fsp3) is 0.433. The van der Waals surface area contributed by atoms with E-state index in [2.05, 4.69) is 24.0 Å². The van der Waals surface area contributed by atoms with Crippen LogP contribution in [0.5, 0.6) is 11.5 Å². The standard InChI is InChI=1S/C30H36N2O3/c1-20-21(2)28-26(22(3)27(20)33)11-12-30(4,35-28)13-14-31-15-17-32(18-16-31)29(34)25-10-9-23-7-5-6-8-24(23)19-25/h5-10,19,33H,11-18H2,1-4H3. The molecule has 5 nitrogen and oxygen atoms in total. The zero-order chi connectivity index (χ0) is 24.7. The van der Waals surface area contributed by atoms with Crippen LogP contribution in [0.25, 0.3) is 10.8 Å². The Hall–Kier alpha value is -3.05. The van der Waals surface area contributed by atoms with E-state index >= 15 is 0 Å². The van der Waals surface area contributed by atoms with E-state index < -0.39 is 0 Å². The second-order valence-electron chi connectivity index (χ2n) is 10.5. The molecule has 5 heteroatoms. The van der Waals surface area contributed by atoms with Crippen LogP contribution in [0.4, 0.5) is 0 Å². The molecular formula is C30H36N2O3. The van der Waals surface area contributed by atoms with Gasteiger partial charge in [0.15, 0.2) is 0 Å². The number of piperazine rings is 1. The number of phenolic OH excluding ortho intramolecular Hbond substituents is 1. The smallest absolute Gasteiger partial charge is 0.253 e. The lowest BCUT2D eigenvalue weighted by molar-refractivity contribution is 0.0338. The molecule has 3 aromatic carbocycles. The predicted molar refractivity (Wildman–Crippen MR) is 141 cm³/mol. The molecule has 0 bridgehead atoms. The van der Waals surface area contributed by atoms with Gasteiger partial charge in [-0.3, -0.25) is 9.69 Å². The third kappa shape index (κ3) is 4.50. The molecule has 1 saturated heterocycles. The van der Waals surface area contributed by atoms with E-state index in [0.717, 1.165) is 96.3 Å². The number of fused-ring (bicyclic) bond motifs is 2. The lowest BCUT2D eigenvalue weighted by Crippen LogP contribution is -2.50. The van der Waals surface area contributed by atoms with Gasteiger partial charge in [0.05, 0.1) is 0 Å². The largest absolute Gasteiger partial charge is 0.507 e. The first-order chi connectivity index (χ1) is 16.8. The highest BCUT2D eigenvalue weighted by Crippen LogP contribution is 2.44. The number of phenols is 1. The molecule has 0 aromatic heterocycles. The van der Waals surface area contributed by atoms with Gasteiger partial charge in [-0.2, -0.15) is 0 Å². The van der Waals surface area contributed by atoms with Crippen molar-refractivity contribution in [2.45, 2.75) is 52.6 Å². The van der Waals surface area contributed by atoms with Crippen LogP contribution >= 0.6 is 0 Å². The maximum absolute atomic E-state index is 13.1. The number of carbonyl (C=O) groups is 1. The van der Waals surface area contributed by atoms with Gasteiger partial charge in [0, 0.05) is 43.9 Å². The van der Waals surface area contributed by atoms with Crippen molar-refractivity contribution in [3.05, 3.63) is 70.3 Å². The van der Waals surface area contributed by atoms with Crippen molar-refractivity contribution in [1.29, 1.82) is 0 Å². The molecule has 1 amide bonds. The number of ether oxygens (including phenoxy) is 1. The summed E-state index contributed by atoms with van der Waals surface area (Å²) in [5, 5.41) is 12.7. The van der Waals surface area contributed by atoms with Crippen molar-refractivity contribution >= 4 is 16.7 Å². The molecule has 0 aliphatic carbocycles. The minimum Gasteiger partial charge on any atom is -0.507 e. The predicted octanol–water partition coefficient (Wildman–Crippen LogP) is 5.40. The molecule has 1 fully saturated rings. The summed E-state index contributed by atoms with van der Waals surface area (Å²) in [6, 6.07) is 14.2. The van der Waals surface area contributed by atoms with E-state index in [1.165, 1.54) is 0 Å². The molecule has 0 saturated carbocycles. The summed E-state index contributed by atoms with van der Waals surface area (Å²) in [7, 11) is 0. The van der Waals surface area contributed by atoms with E-state index in [9.17, 15) is 9.90 Å². The topological polar surface area (TPSA) is 53.0 Å². The molecule has 3 aromatic rings. The molecule has 35 heavy (non-hydrogen) atoms. The monoisotopic (exact) mass is 472 g/mol. The summed E-state index contributed by atoms with van der Waals surface area (Å²) in [5.41, 5.74) is 4.63. The van der Waals surface area contributed by atoms with E-state index in [1.54, 1.807) is 0 Å². The van der Waals surface area contributed by atoms with Crippen molar-refractivity contribution in [2.75, 3.05) is 32.7 Å². The third-order valence-corrected chi connectivity index (χ3v) is 8.21. The van der Waals surface area contributed by atoms with Gasteiger partial charge >= 0.3 is 0 Å². The fourth-order valence-corrected chi connectivity index (χ4v) is 5.54. The molecule has 5 rings (SSSR count). The molecule has 0 spiro atoms. The van der Waals surface area contributed by atoms with Crippen LogP contribution in [0, 0.1) is 20.8 Å². The van der Waals surface area contributed by atoms with Gasteiger partial charge in [0.1, 0.15) is 17.1 Å². The Kier molecular flexibility index (Phi) is 6.22. The molecule has 1 N–H and O–H groups in total. The van der Waals surface area contributed by atoms with E-state index in [4.69, 9.17) is 4.74 Å². The summed E-state index contributed by atoms with van der Waals surface area (Å²) in [4.78, 5) is 17.5. The number of benzene rings is 3. The number of hydrogen-bond donors (Lipinski definition) is 1. The van der Waals surface area contributed by atoms with Crippen LogP contribution in [0.2, 0.25) is 0 Å². The van der Waals surface area contributed by atoms with Gasteiger partial charge in [-0.15, -0.1) is 0 Å². The zero-order valence-electron chi connectivity index (χ0n) is 21.4. The van der Waals surface area contributed by atoms with Crippen molar-refractivity contribution in [3.63, 3.8) is 0 Å². The fourth-order valence-electron chi connectivity index (χ4n) is 5.54. The van der Waals surface area contributed by atoms with Crippen LogP contribution in [0.1, 0.15) is 52.4 Å². The highest BCUT2D eigenvalue weighted by Gasteiger charge is 2.35. The van der Waals surface area contributed by atoms with Crippen LogP contribution in [0.3, 0.4) is 0 Å². The minimum absolute atomic E-state index is 0.124. The Balaban J connectivity index is 1.18. The summed E-state index contributed by atoms with van der Waals surface area (Å²) in [6.45, 7) is 12.5. The number of nitrogens with zero attached hydrogens (tertiary/aromatic N) is 2. The van der Waals surface area contributed by atoms with E-state index in [0.29, 0.717) is 5.75 Å². The Morgan fingerprint density at radius 2 is 1.69 bits per heavy atom. The summed E-state index contributed by atoms with van der Waals surface area (Å²) < 4.78 is 6.61. The molecule has 1 unspecified atom stereocenters. The second-order valence-corrected chi connectivity index (χ2v) is 10.5. The van der Waals surface area contributed by atoms with Gasteiger partial charge in [-0.1, -0.05) is 30.3 Å². The van der Waals surface area contributed by atoms with Gasteiger partial charge < -0.3 is 14.7 Å². The highest BCUT2D eigenvalue weighted by atomic mass is 16.5. The minimum atomic E-state index is -0.217. The third-order valence-electron chi connectivity index (χ3n) is 8.21. The summed E-state index contributed by atoms with van der Waals surface area (Å²) in [6.07, 6.45) is 2.83. The van der Waals surface area contributed by atoms with Crippen LogP contribution in [-0.4, -0.2) is 59.1 Å². The van der Waals surface area contributed by atoms with Crippen LogP contribution < -0.4 is 4.74 Å². The highest BCUT2D eigenvalue weighted by molar-refractivity contribution is 5.98. The van der Waals surface area contributed by atoms with Gasteiger partial charge in [-0.05, 0) is 86.6 Å². The number of rotatable bonds is 4. The number of amides is 1. The SMILES string of the molecule is Cc1c(C)c2c(c(C)c1O)CCC(C)(CCN1CCN(C(=O)c3ccc4ccccc4c3)CC1)O2. The summed E-state index contributed by atoms with van der Waals surface area (Å²) >= 11 is 0. The Bertz CT molecular complexity index is 1280. The molecule has 2 aliphatic heterocycles. The lowest BCUT2D eigenvalue weighted by Gasteiger charge is -2.40. The lowest BCUT2D eigenvalue weighted by atomic mass is 9.85. The second kappa shape index (κ2) is 9.19. The molecular weight excluding hydrogens is 436 g/mol. The molecule has 2 aliphatic rings. The van der Waals surface area contributed by atoms with Crippen LogP contribution in [0.15, 0.2) is 42.5 Å². The van der Waals surface area contributed by atoms with Crippen molar-refractivity contribution in [2.24, 2.45) is 0 Å². The first-order valence-electron chi connectivity index (χ1n) is 12.8. The Morgan fingerprint density at radius 1 is 0.971 bits per heavy atom. The van der Waals surface area contributed by atoms with E-state index in [-0.39, 0.29) is 11.5 Å². The Morgan fingerprint density at radius 3 is 2.43 bits per heavy atom. The zero-order valence-corrected chi connectivity index (χ0v) is 21.4. The van der Waals surface area contributed by atoms with E-state index in [1.807, 2.05) is 56.0 Å². The van der Waals surface area contributed by atoms with Crippen molar-refractivity contribution in [3.8, 4) is 11.5 Å². The van der Waals surface area contributed by atoms with Gasteiger partial charge in [0.25, 0.3) is 5.91 Å². The van der Waals surface area contributed by atoms with Crippen molar-refractivity contribution < 1.29 is 14.6 Å². The first kappa shape index (κ1) is 23.7. The van der Waals surface area contributed by atoms with Crippen LogP contribution in [-0.2, 0) is 6.42 Å². The number of carbonyl (C=O) groups excluding carboxylic acids is 1. The molecule has 0 radical (unpaired) electrons. The number of hydrogen-bond acceptors (Lipinski definition) is 4. The Labute approximate surface area is 208 Å². The molecule has 2 heterocycles. The quantitative estimate of drug-likeness (QED) is 0.552. The number of aromatic hydroxyl groups is 1. The maximum Gasteiger partial charge on any atom is 0.253 e. The van der Waals surface area contributed by atoms with Gasteiger partial charge in [0.2, 0.25) is 0 Å². The first-order valence-corrected chi connectivity index (χ1v) is 12.8.